The second kappa shape index (κ2) is 5.30. The smallest absolute Gasteiger partial charge is 0.326 e. The van der Waals surface area contributed by atoms with Crippen molar-refractivity contribution in [1.82, 2.24) is 4.90 Å². The first kappa shape index (κ1) is 14.0. The molecule has 1 amide bonds. The van der Waals surface area contributed by atoms with Gasteiger partial charge in [-0.2, -0.15) is 0 Å². The first-order valence-corrected chi connectivity index (χ1v) is 7.06. The lowest BCUT2D eigenvalue weighted by molar-refractivity contribution is -0.141. The van der Waals surface area contributed by atoms with Gasteiger partial charge in [-0.3, -0.25) is 4.79 Å². The average Bonchev–Trinajstić information content (AvgIpc) is 2.91. The van der Waals surface area contributed by atoms with Gasteiger partial charge < -0.3 is 15.1 Å². The highest BCUT2D eigenvalue weighted by Crippen LogP contribution is 2.27. The lowest BCUT2D eigenvalue weighted by Gasteiger charge is -2.20. The molecular formula is C13H17NO4S. The zero-order chi connectivity index (χ0) is 14.2. The molecule has 0 bridgehead atoms. The molecule has 2 N–H and O–H groups in total. The van der Waals surface area contributed by atoms with Crippen LogP contribution in [0.4, 0.5) is 0 Å². The van der Waals surface area contributed by atoms with Gasteiger partial charge in [0, 0.05) is 17.8 Å². The molecule has 104 valence electrons. The van der Waals surface area contributed by atoms with Crippen LogP contribution in [0.25, 0.3) is 0 Å². The molecule has 1 aromatic heterocycles. The maximum absolute atomic E-state index is 12.4. The number of aliphatic hydroxyl groups excluding tert-OH is 1. The van der Waals surface area contributed by atoms with Crippen LogP contribution in [0.5, 0.6) is 0 Å². The van der Waals surface area contributed by atoms with Gasteiger partial charge in [-0.1, -0.05) is 6.92 Å². The topological polar surface area (TPSA) is 77.8 Å². The van der Waals surface area contributed by atoms with Gasteiger partial charge in [0.05, 0.1) is 11.0 Å². The summed E-state index contributed by atoms with van der Waals surface area (Å²) < 4.78 is 0. The molecule has 2 rings (SSSR count). The maximum atomic E-state index is 12.4. The van der Waals surface area contributed by atoms with Crippen molar-refractivity contribution in [2.24, 2.45) is 0 Å². The fourth-order valence-corrected chi connectivity index (χ4v) is 3.46. The third-order valence-corrected chi connectivity index (χ3v) is 4.52. The zero-order valence-electron chi connectivity index (χ0n) is 10.9. The second-order valence-corrected chi connectivity index (χ2v) is 6.00. The Bertz CT molecular complexity index is 511. The van der Waals surface area contributed by atoms with Crippen LogP contribution >= 0.6 is 11.3 Å². The lowest BCUT2D eigenvalue weighted by Crippen LogP contribution is -2.40. The Morgan fingerprint density at radius 1 is 1.53 bits per heavy atom. The molecule has 0 radical (unpaired) electrons. The first-order chi connectivity index (χ1) is 8.93. The van der Waals surface area contributed by atoms with Gasteiger partial charge in [0.15, 0.2) is 0 Å². The fraction of sp³-hybridized carbons (Fsp3) is 0.538. The molecule has 0 unspecified atom stereocenters. The fourth-order valence-electron chi connectivity index (χ4n) is 2.39. The molecule has 2 atom stereocenters. The van der Waals surface area contributed by atoms with Crippen LogP contribution in [-0.4, -0.2) is 45.7 Å². The number of nitrogens with zero attached hydrogens (tertiary/aromatic N) is 1. The number of likely N-dealkylation sites (tertiary alicyclic amines) is 1. The molecule has 0 spiro atoms. The normalized spacial score (nSPS) is 22.8. The number of rotatable bonds is 3. The predicted octanol–water partition coefficient (Wildman–Crippen LogP) is 1.28. The second-order valence-electron chi connectivity index (χ2n) is 4.75. The van der Waals surface area contributed by atoms with E-state index in [9.17, 15) is 14.7 Å². The zero-order valence-corrected chi connectivity index (χ0v) is 11.7. The van der Waals surface area contributed by atoms with Gasteiger partial charge in [-0.05, 0) is 25.0 Å². The lowest BCUT2D eigenvalue weighted by atomic mass is 10.2. The maximum Gasteiger partial charge on any atom is 0.326 e. The number of aliphatic hydroxyl groups is 1. The Morgan fingerprint density at radius 3 is 2.74 bits per heavy atom. The SMILES string of the molecule is CCc1cc(C(=O)N2C[C@@H](O)C[C@H]2C(=O)O)sc1C. The van der Waals surface area contributed by atoms with Gasteiger partial charge in [0.25, 0.3) is 5.91 Å². The van der Waals surface area contributed by atoms with Crippen LogP contribution in [-0.2, 0) is 11.2 Å². The van der Waals surface area contributed by atoms with Crippen LogP contribution < -0.4 is 0 Å². The van der Waals surface area contributed by atoms with Crippen molar-refractivity contribution in [1.29, 1.82) is 0 Å². The molecule has 0 aliphatic carbocycles. The number of carboxylic acids is 1. The van der Waals surface area contributed by atoms with Crippen LogP contribution in [0.2, 0.25) is 0 Å². The summed E-state index contributed by atoms with van der Waals surface area (Å²) in [6.45, 7) is 4.06. The summed E-state index contributed by atoms with van der Waals surface area (Å²) >= 11 is 1.38. The number of aryl methyl sites for hydroxylation is 2. The molecule has 19 heavy (non-hydrogen) atoms. The van der Waals surface area contributed by atoms with Crippen molar-refractivity contribution >= 4 is 23.2 Å². The minimum absolute atomic E-state index is 0.0915. The standard InChI is InChI=1S/C13H17NO4S/c1-3-8-4-11(19-7(8)2)12(16)14-6-9(15)5-10(14)13(17)18/h4,9-10,15H,3,5-6H2,1-2H3,(H,17,18)/t9-,10-/m0/s1. The van der Waals surface area contributed by atoms with Crippen molar-refractivity contribution in [2.45, 2.75) is 38.8 Å². The summed E-state index contributed by atoms with van der Waals surface area (Å²) in [5, 5.41) is 18.7. The van der Waals surface area contributed by atoms with E-state index in [-0.39, 0.29) is 18.9 Å². The predicted molar refractivity (Wildman–Crippen MR) is 71.5 cm³/mol. The Labute approximate surface area is 115 Å². The minimum atomic E-state index is -1.06. The van der Waals surface area contributed by atoms with Crippen molar-refractivity contribution in [2.75, 3.05) is 6.54 Å². The van der Waals surface area contributed by atoms with Gasteiger partial charge in [0.2, 0.25) is 0 Å². The van der Waals surface area contributed by atoms with E-state index in [4.69, 9.17) is 5.11 Å². The van der Waals surface area contributed by atoms with E-state index >= 15 is 0 Å². The van der Waals surface area contributed by atoms with E-state index in [1.54, 1.807) is 0 Å². The quantitative estimate of drug-likeness (QED) is 0.876. The summed E-state index contributed by atoms with van der Waals surface area (Å²) in [5.41, 5.74) is 1.11. The summed E-state index contributed by atoms with van der Waals surface area (Å²) in [7, 11) is 0. The minimum Gasteiger partial charge on any atom is -0.480 e. The number of hydrogen-bond donors (Lipinski definition) is 2. The molecule has 1 aliphatic rings. The molecule has 6 heteroatoms. The average molecular weight is 283 g/mol. The number of carbonyl (C=O) groups excluding carboxylic acids is 1. The number of carboxylic acid groups (broad SMARTS) is 1. The van der Waals surface area contributed by atoms with Crippen molar-refractivity contribution in [3.8, 4) is 0 Å². The monoisotopic (exact) mass is 283 g/mol. The van der Waals surface area contributed by atoms with Crippen LogP contribution in [0, 0.1) is 6.92 Å². The molecule has 1 aromatic rings. The number of amides is 1. The van der Waals surface area contributed by atoms with Crippen molar-refractivity contribution < 1.29 is 19.8 Å². The number of thiophene rings is 1. The van der Waals surface area contributed by atoms with Gasteiger partial charge in [-0.25, -0.2) is 4.79 Å². The van der Waals surface area contributed by atoms with Crippen molar-refractivity contribution in [3.63, 3.8) is 0 Å². The summed E-state index contributed by atoms with van der Waals surface area (Å²) in [6.07, 6.45) is 0.198. The molecule has 2 heterocycles. The highest BCUT2D eigenvalue weighted by Gasteiger charge is 2.39. The molecule has 1 saturated heterocycles. The number of hydrogen-bond acceptors (Lipinski definition) is 4. The number of carbonyl (C=O) groups is 2. The summed E-state index contributed by atoms with van der Waals surface area (Å²) in [5.74, 6) is -1.36. The third kappa shape index (κ3) is 2.64. The molecule has 5 nitrogen and oxygen atoms in total. The van der Waals surface area contributed by atoms with E-state index in [1.165, 1.54) is 16.2 Å². The van der Waals surface area contributed by atoms with Crippen LogP contribution in [0.15, 0.2) is 6.07 Å². The third-order valence-electron chi connectivity index (χ3n) is 3.44. The molecule has 0 saturated carbocycles. The highest BCUT2D eigenvalue weighted by molar-refractivity contribution is 7.14. The largest absolute Gasteiger partial charge is 0.480 e. The number of β-amino-alcohol motifs (C(OH)–C–C–N with tert-alkyl or cyclic N) is 1. The first-order valence-electron chi connectivity index (χ1n) is 6.25. The molecular weight excluding hydrogens is 266 g/mol. The highest BCUT2D eigenvalue weighted by atomic mass is 32.1. The van der Waals surface area contributed by atoms with E-state index in [0.29, 0.717) is 4.88 Å². The number of aliphatic carboxylic acids is 1. The Balaban J connectivity index is 2.25. The van der Waals surface area contributed by atoms with E-state index in [2.05, 4.69) is 0 Å². The van der Waals surface area contributed by atoms with E-state index in [0.717, 1.165) is 16.9 Å². The van der Waals surface area contributed by atoms with Crippen LogP contribution in [0.1, 0.15) is 33.5 Å². The van der Waals surface area contributed by atoms with E-state index < -0.39 is 18.1 Å². The summed E-state index contributed by atoms with van der Waals surface area (Å²) in [4.78, 5) is 26.4. The molecule has 0 aromatic carbocycles. The Kier molecular flexibility index (Phi) is 3.91. The Hall–Kier alpha value is -1.40. The van der Waals surface area contributed by atoms with Crippen molar-refractivity contribution in [3.05, 3.63) is 21.4 Å². The van der Waals surface area contributed by atoms with Gasteiger partial charge in [-0.15, -0.1) is 11.3 Å². The summed E-state index contributed by atoms with van der Waals surface area (Å²) in [6, 6.07) is 0.904. The van der Waals surface area contributed by atoms with Gasteiger partial charge in [0.1, 0.15) is 6.04 Å². The van der Waals surface area contributed by atoms with Gasteiger partial charge >= 0.3 is 5.97 Å². The molecule has 1 fully saturated rings. The Morgan fingerprint density at radius 2 is 2.21 bits per heavy atom. The molecule has 1 aliphatic heterocycles. The van der Waals surface area contributed by atoms with E-state index in [1.807, 2.05) is 19.9 Å². The van der Waals surface area contributed by atoms with Crippen LogP contribution in [0.3, 0.4) is 0 Å².